The Balaban J connectivity index is 2.22. The molecule has 0 N–H and O–H groups in total. The number of benzene rings is 1. The van der Waals surface area contributed by atoms with Crippen molar-refractivity contribution in [3.8, 4) is 0 Å². The van der Waals surface area contributed by atoms with Crippen molar-refractivity contribution in [2.45, 2.75) is 23.6 Å². The van der Waals surface area contributed by atoms with E-state index in [1.807, 2.05) is 19.2 Å². The normalized spacial score (nSPS) is 10.3. The second-order valence-electron chi connectivity index (χ2n) is 3.50. The zero-order valence-corrected chi connectivity index (χ0v) is 9.71. The second-order valence-corrected chi connectivity index (χ2v) is 4.62. The van der Waals surface area contributed by atoms with Crippen molar-refractivity contribution in [2.24, 2.45) is 0 Å². The summed E-state index contributed by atoms with van der Waals surface area (Å²) >= 11 is 1.76. The third kappa shape index (κ3) is 2.60. The lowest BCUT2D eigenvalue weighted by molar-refractivity contribution is 1.11. The molecule has 2 aromatic rings. The summed E-state index contributed by atoms with van der Waals surface area (Å²) in [5.41, 5.74) is 2.38. The minimum absolute atomic E-state index is 1.09. The van der Waals surface area contributed by atoms with E-state index in [2.05, 4.69) is 42.2 Å². The highest BCUT2D eigenvalue weighted by Gasteiger charge is 2.00. The van der Waals surface area contributed by atoms with Gasteiger partial charge in [-0.1, -0.05) is 29.5 Å². The van der Waals surface area contributed by atoms with Gasteiger partial charge in [0.1, 0.15) is 0 Å². The summed E-state index contributed by atoms with van der Waals surface area (Å²) in [5.74, 6) is 0. The molecule has 1 heterocycles. The van der Waals surface area contributed by atoms with E-state index in [1.54, 1.807) is 11.8 Å². The van der Waals surface area contributed by atoms with Crippen LogP contribution in [0.5, 0.6) is 0 Å². The molecule has 1 aromatic heterocycles. The Bertz CT molecular complexity index is 448. The maximum atomic E-state index is 4.27. The molecule has 0 unspecified atom stereocenters. The van der Waals surface area contributed by atoms with Crippen LogP contribution < -0.4 is 0 Å². The van der Waals surface area contributed by atoms with Crippen LogP contribution >= 0.6 is 11.8 Å². The molecule has 2 heteroatoms. The molecule has 76 valence electrons. The fraction of sp³-hybridized carbons (Fsp3) is 0.154. The number of pyridine rings is 1. The third-order valence-electron chi connectivity index (χ3n) is 2.21. The fourth-order valence-corrected chi connectivity index (χ4v) is 2.18. The van der Waals surface area contributed by atoms with Crippen molar-refractivity contribution < 1.29 is 0 Å². The van der Waals surface area contributed by atoms with Gasteiger partial charge in [0.25, 0.3) is 0 Å². The number of aryl methyl sites for hydroxylation is 2. The van der Waals surface area contributed by atoms with Crippen LogP contribution in [-0.2, 0) is 0 Å². The maximum Gasteiger partial charge on any atom is 0.0511 e. The Kier molecular flexibility index (Phi) is 3.07. The first-order valence-corrected chi connectivity index (χ1v) is 5.73. The summed E-state index contributed by atoms with van der Waals surface area (Å²) in [6.07, 6.45) is 1.83. The summed E-state index contributed by atoms with van der Waals surface area (Å²) in [4.78, 5) is 6.76. The molecule has 0 saturated heterocycles. The Hall–Kier alpha value is -1.28. The van der Waals surface area contributed by atoms with E-state index in [-0.39, 0.29) is 0 Å². The van der Waals surface area contributed by atoms with Gasteiger partial charge in [-0.25, -0.2) is 0 Å². The van der Waals surface area contributed by atoms with Crippen molar-refractivity contribution in [3.05, 3.63) is 53.9 Å². The van der Waals surface area contributed by atoms with Gasteiger partial charge in [0.05, 0.1) is 5.69 Å². The Morgan fingerprint density at radius 2 is 1.73 bits per heavy atom. The van der Waals surface area contributed by atoms with Gasteiger partial charge in [-0.05, 0) is 38.1 Å². The predicted molar refractivity (Wildman–Crippen MR) is 64.3 cm³/mol. The average molecular weight is 215 g/mol. The summed E-state index contributed by atoms with van der Waals surface area (Å²) in [7, 11) is 0. The molecule has 15 heavy (non-hydrogen) atoms. The van der Waals surface area contributed by atoms with E-state index in [1.165, 1.54) is 15.4 Å². The third-order valence-corrected chi connectivity index (χ3v) is 3.37. The van der Waals surface area contributed by atoms with Gasteiger partial charge in [0, 0.05) is 16.0 Å². The monoisotopic (exact) mass is 215 g/mol. The van der Waals surface area contributed by atoms with Crippen LogP contribution in [0.1, 0.15) is 11.3 Å². The van der Waals surface area contributed by atoms with Gasteiger partial charge in [-0.3, -0.25) is 4.98 Å². The molecule has 0 aliphatic rings. The molecule has 0 amide bonds. The first-order chi connectivity index (χ1) is 7.25. The fourth-order valence-electron chi connectivity index (χ4n) is 1.31. The molecule has 0 saturated carbocycles. The second kappa shape index (κ2) is 4.49. The standard InChI is InChI=1S/C13H13NS/c1-10-5-7-12(8-6-10)15-13-4-3-9-14-11(13)2/h3-9H,1-2H3. The molecule has 0 atom stereocenters. The van der Waals surface area contributed by atoms with Crippen LogP contribution in [0.25, 0.3) is 0 Å². The van der Waals surface area contributed by atoms with E-state index < -0.39 is 0 Å². The number of hydrogen-bond donors (Lipinski definition) is 0. The highest BCUT2D eigenvalue weighted by atomic mass is 32.2. The van der Waals surface area contributed by atoms with Gasteiger partial charge in [-0.2, -0.15) is 0 Å². The lowest BCUT2D eigenvalue weighted by atomic mass is 10.2. The number of rotatable bonds is 2. The summed E-state index contributed by atoms with van der Waals surface area (Å²) in [6.45, 7) is 4.14. The molecule has 1 nitrogen and oxygen atoms in total. The maximum absolute atomic E-state index is 4.27. The minimum Gasteiger partial charge on any atom is -0.260 e. The Morgan fingerprint density at radius 3 is 2.40 bits per heavy atom. The Labute approximate surface area is 94.6 Å². The molecular formula is C13H13NS. The van der Waals surface area contributed by atoms with Crippen molar-refractivity contribution in [1.82, 2.24) is 4.98 Å². The van der Waals surface area contributed by atoms with Crippen LogP contribution in [0.3, 0.4) is 0 Å². The number of nitrogens with zero attached hydrogens (tertiary/aromatic N) is 1. The molecule has 0 aliphatic carbocycles. The van der Waals surface area contributed by atoms with Crippen molar-refractivity contribution in [2.75, 3.05) is 0 Å². The predicted octanol–water partition coefficient (Wildman–Crippen LogP) is 3.85. The molecule has 0 bridgehead atoms. The van der Waals surface area contributed by atoms with Crippen LogP contribution in [0, 0.1) is 13.8 Å². The van der Waals surface area contributed by atoms with Crippen molar-refractivity contribution >= 4 is 11.8 Å². The van der Waals surface area contributed by atoms with Gasteiger partial charge in [0.15, 0.2) is 0 Å². The molecule has 0 aliphatic heterocycles. The van der Waals surface area contributed by atoms with Crippen LogP contribution in [0.4, 0.5) is 0 Å². The van der Waals surface area contributed by atoms with Gasteiger partial charge in [-0.15, -0.1) is 0 Å². The van der Waals surface area contributed by atoms with E-state index in [0.717, 1.165) is 5.69 Å². The zero-order chi connectivity index (χ0) is 10.7. The van der Waals surface area contributed by atoms with Crippen molar-refractivity contribution in [1.29, 1.82) is 0 Å². The number of hydrogen-bond acceptors (Lipinski definition) is 2. The molecular weight excluding hydrogens is 202 g/mol. The van der Waals surface area contributed by atoms with Gasteiger partial charge < -0.3 is 0 Å². The Morgan fingerprint density at radius 1 is 1.00 bits per heavy atom. The summed E-state index contributed by atoms with van der Waals surface area (Å²) in [5, 5.41) is 0. The average Bonchev–Trinajstić information content (AvgIpc) is 2.25. The summed E-state index contributed by atoms with van der Waals surface area (Å²) in [6, 6.07) is 12.6. The zero-order valence-electron chi connectivity index (χ0n) is 8.90. The topological polar surface area (TPSA) is 12.9 Å². The van der Waals surface area contributed by atoms with Crippen LogP contribution in [-0.4, -0.2) is 4.98 Å². The van der Waals surface area contributed by atoms with E-state index in [0.29, 0.717) is 0 Å². The van der Waals surface area contributed by atoms with Gasteiger partial charge >= 0.3 is 0 Å². The first kappa shape index (κ1) is 10.2. The SMILES string of the molecule is Cc1ccc(Sc2cccnc2C)cc1. The first-order valence-electron chi connectivity index (χ1n) is 4.92. The molecule has 2 rings (SSSR count). The van der Waals surface area contributed by atoms with E-state index in [4.69, 9.17) is 0 Å². The van der Waals surface area contributed by atoms with Crippen molar-refractivity contribution in [3.63, 3.8) is 0 Å². The highest BCUT2D eigenvalue weighted by Crippen LogP contribution is 2.28. The molecule has 0 fully saturated rings. The van der Waals surface area contributed by atoms with Gasteiger partial charge in [0.2, 0.25) is 0 Å². The smallest absolute Gasteiger partial charge is 0.0511 e. The quantitative estimate of drug-likeness (QED) is 0.754. The summed E-state index contributed by atoms with van der Waals surface area (Å²) < 4.78 is 0. The largest absolute Gasteiger partial charge is 0.260 e. The molecule has 0 radical (unpaired) electrons. The lowest BCUT2D eigenvalue weighted by Crippen LogP contribution is -1.83. The molecule has 0 spiro atoms. The minimum atomic E-state index is 1.09. The van der Waals surface area contributed by atoms with E-state index in [9.17, 15) is 0 Å². The van der Waals surface area contributed by atoms with Crippen LogP contribution in [0.2, 0.25) is 0 Å². The van der Waals surface area contributed by atoms with Crippen LogP contribution in [0.15, 0.2) is 52.4 Å². The van der Waals surface area contributed by atoms with E-state index >= 15 is 0 Å². The highest BCUT2D eigenvalue weighted by molar-refractivity contribution is 7.99. The molecule has 1 aromatic carbocycles. The number of aromatic nitrogens is 1. The lowest BCUT2D eigenvalue weighted by Gasteiger charge is -2.04.